The molecule has 4 nitrogen and oxygen atoms in total. The molecule has 2 rings (SSSR count). The molecule has 110 valence electrons. The van der Waals surface area contributed by atoms with E-state index < -0.39 is 0 Å². The fourth-order valence-corrected chi connectivity index (χ4v) is 2.88. The van der Waals surface area contributed by atoms with E-state index in [0.717, 1.165) is 31.4 Å². The number of amides is 1. The van der Waals surface area contributed by atoms with Crippen LogP contribution in [0.1, 0.15) is 37.2 Å². The Morgan fingerprint density at radius 3 is 2.50 bits per heavy atom. The van der Waals surface area contributed by atoms with Crippen LogP contribution in [-0.2, 0) is 9.53 Å². The van der Waals surface area contributed by atoms with Crippen molar-refractivity contribution in [2.24, 2.45) is 5.92 Å². The molecule has 1 saturated carbocycles. The third-order valence-corrected chi connectivity index (χ3v) is 4.11. The normalized spacial score (nSPS) is 22.4. The first kappa shape index (κ1) is 14.9. The summed E-state index contributed by atoms with van der Waals surface area (Å²) in [6.07, 6.45) is 4.08. The minimum Gasteiger partial charge on any atom is -0.399 e. The van der Waals surface area contributed by atoms with Crippen molar-refractivity contribution in [1.29, 1.82) is 0 Å². The van der Waals surface area contributed by atoms with Gasteiger partial charge in [-0.25, -0.2) is 0 Å². The lowest BCUT2D eigenvalue weighted by molar-refractivity contribution is -0.126. The highest BCUT2D eigenvalue weighted by Crippen LogP contribution is 2.35. The van der Waals surface area contributed by atoms with E-state index in [9.17, 15) is 4.79 Å². The zero-order valence-corrected chi connectivity index (χ0v) is 12.1. The molecule has 20 heavy (non-hydrogen) atoms. The van der Waals surface area contributed by atoms with Gasteiger partial charge in [0.1, 0.15) is 0 Å². The summed E-state index contributed by atoms with van der Waals surface area (Å²) in [6.45, 7) is 1.18. The van der Waals surface area contributed by atoms with Crippen LogP contribution < -0.4 is 11.1 Å². The zero-order chi connectivity index (χ0) is 14.4. The maximum atomic E-state index is 12.0. The number of rotatable bonds is 5. The molecular weight excluding hydrogens is 252 g/mol. The van der Waals surface area contributed by atoms with Crippen LogP contribution in [0.2, 0.25) is 0 Å². The van der Waals surface area contributed by atoms with Gasteiger partial charge in [-0.15, -0.1) is 0 Å². The molecule has 0 bridgehead atoms. The fraction of sp³-hybridized carbons (Fsp3) is 0.562. The van der Waals surface area contributed by atoms with Gasteiger partial charge >= 0.3 is 0 Å². The molecule has 0 heterocycles. The minimum absolute atomic E-state index is 0.164. The molecule has 1 aliphatic carbocycles. The van der Waals surface area contributed by atoms with Gasteiger partial charge in [0.2, 0.25) is 5.91 Å². The van der Waals surface area contributed by atoms with Crippen molar-refractivity contribution in [2.75, 3.05) is 26.0 Å². The Morgan fingerprint density at radius 2 is 1.90 bits per heavy atom. The van der Waals surface area contributed by atoms with Gasteiger partial charge < -0.3 is 15.8 Å². The van der Waals surface area contributed by atoms with E-state index in [4.69, 9.17) is 10.5 Å². The second kappa shape index (κ2) is 7.29. The van der Waals surface area contributed by atoms with Crippen molar-refractivity contribution >= 4 is 11.6 Å². The maximum Gasteiger partial charge on any atom is 0.223 e. The average Bonchev–Trinajstić information content (AvgIpc) is 2.48. The van der Waals surface area contributed by atoms with E-state index in [0.29, 0.717) is 19.1 Å². The van der Waals surface area contributed by atoms with Crippen molar-refractivity contribution in [3.63, 3.8) is 0 Å². The van der Waals surface area contributed by atoms with Crippen LogP contribution in [0.4, 0.5) is 5.69 Å². The van der Waals surface area contributed by atoms with Crippen molar-refractivity contribution in [3.8, 4) is 0 Å². The molecule has 0 aliphatic heterocycles. The van der Waals surface area contributed by atoms with Crippen LogP contribution >= 0.6 is 0 Å². The number of hydrogen-bond donors (Lipinski definition) is 2. The molecule has 1 amide bonds. The third-order valence-electron chi connectivity index (χ3n) is 4.11. The Labute approximate surface area is 120 Å². The van der Waals surface area contributed by atoms with Crippen molar-refractivity contribution in [1.82, 2.24) is 5.32 Å². The molecule has 1 aromatic carbocycles. The number of nitrogens with one attached hydrogen (secondary N) is 1. The summed E-state index contributed by atoms with van der Waals surface area (Å²) in [5.41, 5.74) is 7.86. The molecule has 0 atom stereocenters. The van der Waals surface area contributed by atoms with E-state index in [1.165, 1.54) is 5.56 Å². The number of carbonyl (C=O) groups excluding carboxylic acids is 1. The highest BCUT2D eigenvalue weighted by molar-refractivity contribution is 5.78. The van der Waals surface area contributed by atoms with Gasteiger partial charge in [-0.1, -0.05) is 12.1 Å². The standard InChI is InChI=1S/C16H24N2O2/c1-20-11-10-18-16(19)14-4-2-12(3-5-14)13-6-8-15(17)9-7-13/h6-9,12,14H,2-5,10-11,17H2,1H3,(H,18,19). The predicted molar refractivity (Wildman–Crippen MR) is 80.4 cm³/mol. The molecule has 3 N–H and O–H groups in total. The minimum atomic E-state index is 0.164. The van der Waals surface area contributed by atoms with Crippen molar-refractivity contribution in [3.05, 3.63) is 29.8 Å². The number of carbonyl (C=O) groups is 1. The Balaban J connectivity index is 1.80. The van der Waals surface area contributed by atoms with Gasteiger partial charge in [-0.3, -0.25) is 4.79 Å². The van der Waals surface area contributed by atoms with Crippen LogP contribution in [0.25, 0.3) is 0 Å². The summed E-state index contributed by atoms with van der Waals surface area (Å²) in [6, 6.07) is 8.13. The molecule has 1 fully saturated rings. The molecule has 0 radical (unpaired) electrons. The molecule has 0 unspecified atom stereocenters. The lowest BCUT2D eigenvalue weighted by atomic mass is 9.78. The van der Waals surface area contributed by atoms with Gasteiger partial charge in [-0.05, 0) is 49.3 Å². The second-order valence-electron chi connectivity index (χ2n) is 5.50. The number of nitrogen functional groups attached to an aromatic ring is 1. The smallest absolute Gasteiger partial charge is 0.223 e. The highest BCUT2D eigenvalue weighted by Gasteiger charge is 2.26. The van der Waals surface area contributed by atoms with Gasteiger partial charge in [-0.2, -0.15) is 0 Å². The summed E-state index contributed by atoms with van der Waals surface area (Å²) in [4.78, 5) is 12.0. The zero-order valence-electron chi connectivity index (χ0n) is 12.1. The summed E-state index contributed by atoms with van der Waals surface area (Å²) < 4.78 is 4.94. The number of methoxy groups -OCH3 is 1. The van der Waals surface area contributed by atoms with E-state index >= 15 is 0 Å². The molecule has 1 aliphatic rings. The molecule has 1 aromatic rings. The molecule has 0 spiro atoms. The van der Waals surface area contributed by atoms with E-state index in [2.05, 4.69) is 17.4 Å². The first-order chi connectivity index (χ1) is 9.70. The quantitative estimate of drug-likeness (QED) is 0.640. The van der Waals surface area contributed by atoms with Gasteiger partial charge in [0.15, 0.2) is 0 Å². The second-order valence-corrected chi connectivity index (χ2v) is 5.50. The van der Waals surface area contributed by atoms with Crippen LogP contribution in [0.15, 0.2) is 24.3 Å². The highest BCUT2D eigenvalue weighted by atomic mass is 16.5. The lowest BCUT2D eigenvalue weighted by Crippen LogP contribution is -2.34. The number of ether oxygens (including phenoxy) is 1. The molecular formula is C16H24N2O2. The largest absolute Gasteiger partial charge is 0.399 e. The van der Waals surface area contributed by atoms with E-state index in [1.807, 2.05) is 12.1 Å². The molecule has 0 aromatic heterocycles. The summed E-state index contributed by atoms with van der Waals surface area (Å²) in [5.74, 6) is 0.910. The molecule has 4 heteroatoms. The number of nitrogens with two attached hydrogens (primary N) is 1. The van der Waals surface area contributed by atoms with Crippen molar-refractivity contribution < 1.29 is 9.53 Å². The Kier molecular flexibility index (Phi) is 5.41. The van der Waals surface area contributed by atoms with Crippen LogP contribution in [-0.4, -0.2) is 26.2 Å². The first-order valence-electron chi connectivity index (χ1n) is 7.32. The first-order valence-corrected chi connectivity index (χ1v) is 7.32. The maximum absolute atomic E-state index is 12.0. The van der Waals surface area contributed by atoms with Gasteiger partial charge in [0, 0.05) is 25.3 Å². The SMILES string of the molecule is COCCNC(=O)C1CCC(c2ccc(N)cc2)CC1. The lowest BCUT2D eigenvalue weighted by Gasteiger charge is -2.28. The molecule has 0 saturated heterocycles. The van der Waals surface area contributed by atoms with Crippen LogP contribution in [0.5, 0.6) is 0 Å². The van der Waals surface area contributed by atoms with E-state index in [1.54, 1.807) is 7.11 Å². The number of hydrogen-bond acceptors (Lipinski definition) is 3. The van der Waals surface area contributed by atoms with Gasteiger partial charge in [0.05, 0.1) is 6.61 Å². The average molecular weight is 276 g/mol. The Morgan fingerprint density at radius 1 is 1.25 bits per heavy atom. The fourth-order valence-electron chi connectivity index (χ4n) is 2.88. The Bertz CT molecular complexity index is 423. The van der Waals surface area contributed by atoms with Crippen LogP contribution in [0.3, 0.4) is 0 Å². The Hall–Kier alpha value is -1.55. The summed E-state index contributed by atoms with van der Waals surface area (Å²) in [5, 5.41) is 2.93. The summed E-state index contributed by atoms with van der Waals surface area (Å²) >= 11 is 0. The number of anilines is 1. The van der Waals surface area contributed by atoms with Crippen molar-refractivity contribution in [2.45, 2.75) is 31.6 Å². The predicted octanol–water partition coefficient (Wildman–Crippen LogP) is 2.31. The number of benzene rings is 1. The van der Waals surface area contributed by atoms with Crippen LogP contribution in [0, 0.1) is 5.92 Å². The summed E-state index contributed by atoms with van der Waals surface area (Å²) in [7, 11) is 1.64. The van der Waals surface area contributed by atoms with Gasteiger partial charge in [0.25, 0.3) is 0 Å². The topological polar surface area (TPSA) is 64.3 Å². The monoisotopic (exact) mass is 276 g/mol. The third kappa shape index (κ3) is 3.97. The van der Waals surface area contributed by atoms with E-state index in [-0.39, 0.29) is 11.8 Å².